The SMILES string of the molecule is CCc1cccc(N(c2c(C)ccc(-c3ccccc3)c2C)c2ccc3ccc4c(N(c5cccc(CC)c5)c5c(C)ccc(-c6ccccc6)c5C)ccc5ccc2c3c54)c1. The van der Waals surface area contributed by atoms with Crippen molar-refractivity contribution in [2.24, 2.45) is 0 Å². The summed E-state index contributed by atoms with van der Waals surface area (Å²) in [5.41, 5.74) is 19.7. The lowest BCUT2D eigenvalue weighted by molar-refractivity contribution is 1.13. The van der Waals surface area contributed by atoms with Crippen molar-refractivity contribution >= 4 is 66.4 Å². The molecule has 0 aliphatic heterocycles. The van der Waals surface area contributed by atoms with Crippen LogP contribution < -0.4 is 9.80 Å². The monoisotopic (exact) mass is 800 g/mol. The van der Waals surface area contributed by atoms with Gasteiger partial charge in [-0.2, -0.15) is 0 Å². The Bertz CT molecular complexity index is 3030. The third-order valence-electron chi connectivity index (χ3n) is 13.1. The number of nitrogens with zero attached hydrogens (tertiary/aromatic N) is 2. The lowest BCUT2D eigenvalue weighted by Gasteiger charge is -2.32. The molecule has 0 heterocycles. The molecule has 0 amide bonds. The van der Waals surface area contributed by atoms with Crippen LogP contribution in [-0.4, -0.2) is 0 Å². The van der Waals surface area contributed by atoms with Crippen molar-refractivity contribution in [2.45, 2.75) is 54.4 Å². The van der Waals surface area contributed by atoms with Gasteiger partial charge in [-0.1, -0.05) is 159 Å². The van der Waals surface area contributed by atoms with Crippen LogP contribution in [0.5, 0.6) is 0 Å². The van der Waals surface area contributed by atoms with Gasteiger partial charge >= 0.3 is 0 Å². The molecule has 0 spiro atoms. The Hall–Kier alpha value is -7.16. The van der Waals surface area contributed by atoms with Crippen LogP contribution >= 0.6 is 0 Å². The third-order valence-corrected chi connectivity index (χ3v) is 13.1. The minimum atomic E-state index is 0.968. The minimum Gasteiger partial charge on any atom is -0.309 e. The number of aryl methyl sites for hydroxylation is 4. The van der Waals surface area contributed by atoms with Crippen molar-refractivity contribution in [1.29, 1.82) is 0 Å². The Morgan fingerprint density at radius 3 is 1.18 bits per heavy atom. The maximum Gasteiger partial charge on any atom is 0.0540 e. The zero-order chi connectivity index (χ0) is 42.5. The highest BCUT2D eigenvalue weighted by Gasteiger charge is 2.26. The molecule has 2 heteroatoms. The fraction of sp³-hybridized carbons (Fsp3) is 0.133. The van der Waals surface area contributed by atoms with Crippen molar-refractivity contribution in [2.75, 3.05) is 9.80 Å². The summed E-state index contributed by atoms with van der Waals surface area (Å²) in [6.07, 6.45) is 1.94. The van der Waals surface area contributed by atoms with E-state index in [4.69, 9.17) is 0 Å². The molecule has 0 fully saturated rings. The van der Waals surface area contributed by atoms with Gasteiger partial charge in [0.25, 0.3) is 0 Å². The molecule has 10 rings (SSSR count). The minimum absolute atomic E-state index is 0.968. The fourth-order valence-corrected chi connectivity index (χ4v) is 9.99. The number of hydrogen-bond donors (Lipinski definition) is 0. The van der Waals surface area contributed by atoms with E-state index in [9.17, 15) is 0 Å². The van der Waals surface area contributed by atoms with Crippen LogP contribution in [0.4, 0.5) is 34.1 Å². The first-order valence-electron chi connectivity index (χ1n) is 22.1. The summed E-state index contributed by atoms with van der Waals surface area (Å²) < 4.78 is 0. The summed E-state index contributed by atoms with van der Waals surface area (Å²) in [5.74, 6) is 0. The van der Waals surface area contributed by atoms with Crippen molar-refractivity contribution in [1.82, 2.24) is 0 Å². The van der Waals surface area contributed by atoms with Crippen LogP contribution in [0.1, 0.15) is 47.2 Å². The molecule has 0 saturated carbocycles. The van der Waals surface area contributed by atoms with Crippen LogP contribution in [0.15, 0.2) is 182 Å². The van der Waals surface area contributed by atoms with E-state index in [1.54, 1.807) is 0 Å². The highest BCUT2D eigenvalue weighted by atomic mass is 15.2. The van der Waals surface area contributed by atoms with Crippen molar-refractivity contribution in [3.63, 3.8) is 0 Å². The van der Waals surface area contributed by atoms with Crippen molar-refractivity contribution in [3.8, 4) is 22.3 Å². The molecular weight excluding hydrogens is 749 g/mol. The molecule has 0 saturated heterocycles. The molecular formula is C60H52N2. The van der Waals surface area contributed by atoms with Gasteiger partial charge in [-0.15, -0.1) is 0 Å². The van der Waals surface area contributed by atoms with E-state index < -0.39 is 0 Å². The Kier molecular flexibility index (Phi) is 10.1. The van der Waals surface area contributed by atoms with Gasteiger partial charge < -0.3 is 9.80 Å². The lowest BCUT2D eigenvalue weighted by Crippen LogP contribution is -2.15. The zero-order valence-electron chi connectivity index (χ0n) is 36.6. The Morgan fingerprint density at radius 1 is 0.371 bits per heavy atom. The standard InChI is InChI=1S/C60H52N2/c1-7-43-17-15-23-49(37-43)61(59-39(3)25-31-51(41(59)5)45-19-11-9-12-20-45)55-35-29-47-28-34-54-56(36-30-48-27-33-53(55)57(47)58(48)54)62(50-24-16-18-44(8-2)38-50)60-40(4)26-32-52(42(60)6)46-21-13-10-14-22-46/h9-38H,7-8H2,1-6H3. The molecule has 62 heavy (non-hydrogen) atoms. The second-order valence-electron chi connectivity index (χ2n) is 16.8. The second-order valence-corrected chi connectivity index (χ2v) is 16.8. The van der Waals surface area contributed by atoms with Crippen LogP contribution in [0.3, 0.4) is 0 Å². The average Bonchev–Trinajstić information content (AvgIpc) is 3.31. The summed E-state index contributed by atoms with van der Waals surface area (Å²) in [6.45, 7) is 13.6. The first-order valence-corrected chi connectivity index (χ1v) is 22.1. The van der Waals surface area contributed by atoms with E-state index >= 15 is 0 Å². The maximum absolute atomic E-state index is 2.54. The molecule has 0 aliphatic carbocycles. The summed E-state index contributed by atoms with van der Waals surface area (Å²) in [5, 5.41) is 7.54. The van der Waals surface area contributed by atoms with E-state index in [1.165, 1.54) is 122 Å². The third kappa shape index (κ3) is 6.59. The molecule has 0 aromatic heterocycles. The molecule has 2 nitrogen and oxygen atoms in total. The molecule has 0 N–H and O–H groups in total. The predicted molar refractivity (Wildman–Crippen MR) is 268 cm³/mol. The topological polar surface area (TPSA) is 6.48 Å². The van der Waals surface area contributed by atoms with E-state index in [0.717, 1.165) is 12.8 Å². The molecule has 0 unspecified atom stereocenters. The van der Waals surface area contributed by atoms with Gasteiger partial charge in [0, 0.05) is 22.1 Å². The van der Waals surface area contributed by atoms with Gasteiger partial charge in [0.2, 0.25) is 0 Å². The summed E-state index contributed by atoms with van der Waals surface area (Å²) in [7, 11) is 0. The van der Waals surface area contributed by atoms with E-state index in [2.05, 4.69) is 233 Å². The Balaban J connectivity index is 1.25. The summed E-state index contributed by atoms with van der Waals surface area (Å²) in [4.78, 5) is 5.07. The van der Waals surface area contributed by atoms with E-state index in [-0.39, 0.29) is 0 Å². The largest absolute Gasteiger partial charge is 0.309 e. The van der Waals surface area contributed by atoms with E-state index in [0.29, 0.717) is 0 Å². The average molecular weight is 801 g/mol. The number of benzene rings is 10. The molecule has 0 radical (unpaired) electrons. The molecule has 0 aliphatic rings. The van der Waals surface area contributed by atoms with Crippen LogP contribution in [-0.2, 0) is 12.8 Å². The molecule has 302 valence electrons. The smallest absolute Gasteiger partial charge is 0.0540 e. The van der Waals surface area contributed by atoms with Gasteiger partial charge in [0.15, 0.2) is 0 Å². The first-order chi connectivity index (χ1) is 30.3. The highest BCUT2D eigenvalue weighted by Crippen LogP contribution is 2.50. The summed E-state index contributed by atoms with van der Waals surface area (Å²) in [6, 6.07) is 67.8. The van der Waals surface area contributed by atoms with Gasteiger partial charge in [0.1, 0.15) is 0 Å². The van der Waals surface area contributed by atoms with Crippen LogP contribution in [0.2, 0.25) is 0 Å². The van der Waals surface area contributed by atoms with Crippen LogP contribution in [0, 0.1) is 27.7 Å². The number of anilines is 6. The van der Waals surface area contributed by atoms with Crippen molar-refractivity contribution in [3.05, 3.63) is 215 Å². The lowest BCUT2D eigenvalue weighted by atomic mass is 9.90. The molecule has 10 aromatic carbocycles. The van der Waals surface area contributed by atoms with Gasteiger partial charge in [-0.25, -0.2) is 0 Å². The maximum atomic E-state index is 2.54. The number of hydrogen-bond acceptors (Lipinski definition) is 2. The normalized spacial score (nSPS) is 11.5. The van der Waals surface area contributed by atoms with Gasteiger partial charge in [0.05, 0.1) is 22.7 Å². The molecule has 10 aromatic rings. The van der Waals surface area contributed by atoms with Gasteiger partial charge in [-0.05, 0) is 154 Å². The molecule has 0 bridgehead atoms. The van der Waals surface area contributed by atoms with Gasteiger partial charge in [-0.3, -0.25) is 0 Å². The summed E-state index contributed by atoms with van der Waals surface area (Å²) >= 11 is 0. The Labute approximate surface area is 366 Å². The number of rotatable bonds is 10. The quantitative estimate of drug-likeness (QED) is 0.127. The Morgan fingerprint density at radius 2 is 0.774 bits per heavy atom. The van der Waals surface area contributed by atoms with E-state index in [1.807, 2.05) is 0 Å². The highest BCUT2D eigenvalue weighted by molar-refractivity contribution is 6.28. The second kappa shape index (κ2) is 16.0. The fourth-order valence-electron chi connectivity index (χ4n) is 9.99. The zero-order valence-corrected chi connectivity index (χ0v) is 36.6. The van der Waals surface area contributed by atoms with Crippen LogP contribution in [0.25, 0.3) is 54.6 Å². The predicted octanol–water partition coefficient (Wildman–Crippen LogP) is 17.2. The molecule has 0 atom stereocenters. The van der Waals surface area contributed by atoms with Crippen molar-refractivity contribution < 1.29 is 0 Å². The first kappa shape index (κ1) is 39.0.